The zero-order chi connectivity index (χ0) is 11.5. The number of ether oxygens (including phenoxy) is 1. The number of hydrogen-bond acceptors (Lipinski definition) is 4. The molecule has 0 unspecified atom stereocenters. The molecule has 0 N–H and O–H groups in total. The van der Waals surface area contributed by atoms with Crippen molar-refractivity contribution in [1.82, 2.24) is 0 Å². The van der Waals surface area contributed by atoms with Gasteiger partial charge in [0.25, 0.3) is 0 Å². The molecule has 0 bridgehead atoms. The van der Waals surface area contributed by atoms with Crippen molar-refractivity contribution in [2.24, 2.45) is 0 Å². The molecular formula is C10H15O4P. The van der Waals surface area contributed by atoms with E-state index in [1.165, 1.54) is 14.2 Å². The van der Waals surface area contributed by atoms with Crippen molar-refractivity contribution < 1.29 is 18.3 Å². The average molecular weight is 230 g/mol. The maximum Gasteiger partial charge on any atom is 0.361 e. The molecule has 0 saturated heterocycles. The lowest BCUT2D eigenvalue weighted by Crippen LogP contribution is -2.11. The highest BCUT2D eigenvalue weighted by Crippen LogP contribution is 2.46. The van der Waals surface area contributed by atoms with Crippen molar-refractivity contribution in [3.05, 3.63) is 23.8 Å². The lowest BCUT2D eigenvalue weighted by atomic mass is 10.2. The maximum atomic E-state index is 12.1. The van der Waals surface area contributed by atoms with E-state index in [4.69, 9.17) is 13.8 Å². The second-order valence-electron chi connectivity index (χ2n) is 3.02. The second-order valence-corrected chi connectivity index (χ2v) is 5.22. The summed E-state index contributed by atoms with van der Waals surface area (Å²) in [4.78, 5) is 0. The Labute approximate surface area is 89.7 Å². The SMILES string of the molecule is COc1ccc(C)c(P(=O)(OC)OC)c1. The van der Waals surface area contributed by atoms with E-state index in [-0.39, 0.29) is 0 Å². The fourth-order valence-electron chi connectivity index (χ4n) is 1.28. The Hall–Kier alpha value is -0.830. The van der Waals surface area contributed by atoms with Crippen LogP contribution in [0.1, 0.15) is 5.56 Å². The predicted molar refractivity (Wildman–Crippen MR) is 59.0 cm³/mol. The van der Waals surface area contributed by atoms with Crippen LogP contribution >= 0.6 is 7.60 Å². The largest absolute Gasteiger partial charge is 0.497 e. The number of hydrogen-bond donors (Lipinski definition) is 0. The van der Waals surface area contributed by atoms with E-state index in [0.717, 1.165) is 5.56 Å². The van der Waals surface area contributed by atoms with E-state index in [0.29, 0.717) is 11.1 Å². The molecule has 0 radical (unpaired) electrons. The summed E-state index contributed by atoms with van der Waals surface area (Å²) in [6, 6.07) is 5.29. The van der Waals surface area contributed by atoms with Gasteiger partial charge in [0, 0.05) is 14.2 Å². The van der Waals surface area contributed by atoms with Crippen molar-refractivity contribution in [3.8, 4) is 5.75 Å². The fourth-order valence-corrected chi connectivity index (χ4v) is 2.62. The van der Waals surface area contributed by atoms with Crippen molar-refractivity contribution in [2.45, 2.75) is 6.92 Å². The van der Waals surface area contributed by atoms with Gasteiger partial charge in [0.05, 0.1) is 12.4 Å². The molecule has 15 heavy (non-hydrogen) atoms. The number of benzene rings is 1. The molecule has 84 valence electrons. The van der Waals surface area contributed by atoms with Crippen LogP contribution in [0.5, 0.6) is 5.75 Å². The highest BCUT2D eigenvalue weighted by atomic mass is 31.2. The zero-order valence-electron chi connectivity index (χ0n) is 9.31. The van der Waals surface area contributed by atoms with Crippen molar-refractivity contribution >= 4 is 12.9 Å². The Kier molecular flexibility index (Phi) is 3.91. The summed E-state index contributed by atoms with van der Waals surface area (Å²) >= 11 is 0. The van der Waals surface area contributed by atoms with Gasteiger partial charge in [0.2, 0.25) is 0 Å². The molecule has 1 rings (SSSR count). The Morgan fingerprint density at radius 2 is 1.73 bits per heavy atom. The van der Waals surface area contributed by atoms with Crippen molar-refractivity contribution in [2.75, 3.05) is 21.3 Å². The predicted octanol–water partition coefficient (Wildman–Crippen LogP) is 2.11. The number of rotatable bonds is 4. The molecule has 0 aliphatic heterocycles. The molecule has 4 nitrogen and oxygen atoms in total. The molecule has 0 saturated carbocycles. The summed E-state index contributed by atoms with van der Waals surface area (Å²) < 4.78 is 27.1. The minimum absolute atomic E-state index is 0.534. The first-order chi connectivity index (χ1) is 7.07. The summed E-state index contributed by atoms with van der Waals surface area (Å²) in [5.74, 6) is 0.630. The van der Waals surface area contributed by atoms with Gasteiger partial charge in [-0.25, -0.2) is 0 Å². The van der Waals surface area contributed by atoms with E-state index in [1.807, 2.05) is 13.0 Å². The Morgan fingerprint density at radius 1 is 1.13 bits per heavy atom. The highest BCUT2D eigenvalue weighted by Gasteiger charge is 2.26. The molecule has 0 fully saturated rings. The third kappa shape index (κ3) is 2.40. The topological polar surface area (TPSA) is 44.8 Å². The summed E-state index contributed by atoms with van der Waals surface area (Å²) in [6.45, 7) is 1.85. The van der Waals surface area contributed by atoms with Gasteiger partial charge in [0.15, 0.2) is 0 Å². The minimum atomic E-state index is -3.19. The Bertz CT molecular complexity index is 381. The molecule has 0 aromatic heterocycles. The van der Waals surface area contributed by atoms with E-state index in [2.05, 4.69) is 0 Å². The quantitative estimate of drug-likeness (QED) is 0.743. The molecule has 0 aliphatic carbocycles. The van der Waals surface area contributed by atoms with Crippen LogP contribution in [0, 0.1) is 6.92 Å². The van der Waals surface area contributed by atoms with E-state index < -0.39 is 7.60 Å². The third-order valence-corrected chi connectivity index (χ3v) is 4.23. The molecule has 5 heteroatoms. The molecule has 1 aromatic rings. The minimum Gasteiger partial charge on any atom is -0.497 e. The molecule has 0 atom stereocenters. The van der Waals surface area contributed by atoms with Crippen molar-refractivity contribution in [3.63, 3.8) is 0 Å². The van der Waals surface area contributed by atoms with Gasteiger partial charge in [-0.3, -0.25) is 4.57 Å². The van der Waals surface area contributed by atoms with Crippen LogP contribution in [0.2, 0.25) is 0 Å². The second kappa shape index (κ2) is 4.79. The Balaban J connectivity index is 3.28. The third-order valence-electron chi connectivity index (χ3n) is 2.19. The van der Waals surface area contributed by atoms with Gasteiger partial charge in [-0.15, -0.1) is 0 Å². The standard InChI is InChI=1S/C10H15O4P/c1-8-5-6-9(12-2)7-10(8)15(11,13-3)14-4/h5-7H,1-4H3. The first-order valence-corrected chi connectivity index (χ1v) is 5.98. The molecule has 0 heterocycles. The maximum absolute atomic E-state index is 12.1. The highest BCUT2D eigenvalue weighted by molar-refractivity contribution is 7.62. The van der Waals surface area contributed by atoms with Crippen LogP contribution in [0.4, 0.5) is 0 Å². The summed E-state index contributed by atoms with van der Waals surface area (Å²) in [5.41, 5.74) is 0.850. The van der Waals surface area contributed by atoms with Crippen LogP contribution in [0.3, 0.4) is 0 Å². The summed E-state index contributed by atoms with van der Waals surface area (Å²) in [6.07, 6.45) is 0. The smallest absolute Gasteiger partial charge is 0.361 e. The van der Waals surface area contributed by atoms with Gasteiger partial charge >= 0.3 is 7.60 Å². The van der Waals surface area contributed by atoms with Gasteiger partial charge < -0.3 is 13.8 Å². The molecular weight excluding hydrogens is 215 g/mol. The summed E-state index contributed by atoms with van der Waals surface area (Å²) in [7, 11) is 1.09. The normalized spacial score (nSPS) is 11.5. The van der Waals surface area contributed by atoms with E-state index in [1.54, 1.807) is 19.2 Å². The van der Waals surface area contributed by atoms with Crippen LogP contribution in [0.25, 0.3) is 0 Å². The molecule has 1 aromatic carbocycles. The fraction of sp³-hybridized carbons (Fsp3) is 0.400. The number of aryl methyl sites for hydroxylation is 1. The van der Waals surface area contributed by atoms with Crippen LogP contribution in [-0.4, -0.2) is 21.3 Å². The molecule has 0 aliphatic rings. The van der Waals surface area contributed by atoms with Gasteiger partial charge in [-0.1, -0.05) is 6.07 Å². The van der Waals surface area contributed by atoms with E-state index >= 15 is 0 Å². The van der Waals surface area contributed by atoms with Crippen LogP contribution in [-0.2, 0) is 13.6 Å². The Morgan fingerprint density at radius 3 is 2.20 bits per heavy atom. The first-order valence-electron chi connectivity index (χ1n) is 4.44. The number of methoxy groups -OCH3 is 1. The van der Waals surface area contributed by atoms with Gasteiger partial charge in [-0.2, -0.15) is 0 Å². The lowest BCUT2D eigenvalue weighted by Gasteiger charge is -2.16. The van der Waals surface area contributed by atoms with Gasteiger partial charge in [0.1, 0.15) is 5.75 Å². The lowest BCUT2D eigenvalue weighted by molar-refractivity contribution is 0.287. The van der Waals surface area contributed by atoms with E-state index in [9.17, 15) is 4.57 Å². The van der Waals surface area contributed by atoms with Crippen molar-refractivity contribution in [1.29, 1.82) is 0 Å². The van der Waals surface area contributed by atoms with Crippen LogP contribution in [0.15, 0.2) is 18.2 Å². The first kappa shape index (κ1) is 12.2. The van der Waals surface area contributed by atoms with Crippen LogP contribution < -0.4 is 10.0 Å². The monoisotopic (exact) mass is 230 g/mol. The zero-order valence-corrected chi connectivity index (χ0v) is 10.2. The van der Waals surface area contributed by atoms with Gasteiger partial charge in [-0.05, 0) is 24.6 Å². The molecule has 0 spiro atoms. The molecule has 0 amide bonds. The average Bonchev–Trinajstić information content (AvgIpc) is 2.28. The summed E-state index contributed by atoms with van der Waals surface area (Å²) in [5, 5.41) is 0.534.